The first-order valence-corrected chi connectivity index (χ1v) is 6.80. The molecule has 4 nitrogen and oxygen atoms in total. The lowest BCUT2D eigenvalue weighted by Crippen LogP contribution is -2.18. The third-order valence-corrected chi connectivity index (χ3v) is 3.47. The average Bonchev–Trinajstić information content (AvgIpc) is 2.96. The number of fused-ring (bicyclic) bond motifs is 1. The molecule has 2 aromatic carbocycles. The van der Waals surface area contributed by atoms with Crippen LogP contribution in [-0.4, -0.2) is 25.0 Å². The van der Waals surface area contributed by atoms with E-state index in [-0.39, 0.29) is 5.91 Å². The van der Waals surface area contributed by atoms with Crippen molar-refractivity contribution < 1.29 is 4.79 Å². The number of anilines is 2. The van der Waals surface area contributed by atoms with E-state index in [1.807, 2.05) is 73.7 Å². The van der Waals surface area contributed by atoms with Gasteiger partial charge in [0.25, 0.3) is 5.91 Å². The predicted molar refractivity (Wildman–Crippen MR) is 87.0 cm³/mol. The Balaban J connectivity index is 1.95. The highest BCUT2D eigenvalue weighted by atomic mass is 16.1. The van der Waals surface area contributed by atoms with Crippen LogP contribution in [-0.2, 0) is 0 Å². The minimum Gasteiger partial charge on any atom is -0.377 e. The first kappa shape index (κ1) is 13.2. The maximum Gasteiger partial charge on any atom is 0.257 e. The average molecular weight is 279 g/mol. The Hall–Kier alpha value is -2.75. The molecule has 0 radical (unpaired) electrons. The number of nitrogens with zero attached hydrogens (tertiary/aromatic N) is 1. The van der Waals surface area contributed by atoms with Crippen molar-refractivity contribution >= 4 is 28.2 Å². The second-order valence-corrected chi connectivity index (χ2v) is 5.11. The third-order valence-electron chi connectivity index (χ3n) is 3.47. The summed E-state index contributed by atoms with van der Waals surface area (Å²) in [5, 5.41) is 4.00. The van der Waals surface area contributed by atoms with E-state index in [9.17, 15) is 4.79 Å². The molecule has 0 aliphatic carbocycles. The normalized spacial score (nSPS) is 10.6. The maximum atomic E-state index is 12.6. The first-order valence-electron chi connectivity index (χ1n) is 6.80. The Morgan fingerprint density at radius 1 is 1.05 bits per heavy atom. The molecule has 0 fully saturated rings. The molecule has 1 amide bonds. The van der Waals surface area contributed by atoms with E-state index < -0.39 is 0 Å². The van der Waals surface area contributed by atoms with Gasteiger partial charge in [0, 0.05) is 36.9 Å². The van der Waals surface area contributed by atoms with Gasteiger partial charge in [-0.1, -0.05) is 18.2 Å². The summed E-state index contributed by atoms with van der Waals surface area (Å²) in [7, 11) is 3.86. The number of carbonyl (C=O) groups excluding carboxylic acids is 1. The Morgan fingerprint density at radius 2 is 1.86 bits per heavy atom. The van der Waals surface area contributed by atoms with E-state index in [0.29, 0.717) is 5.56 Å². The molecule has 3 rings (SSSR count). The number of hydrogen-bond acceptors (Lipinski definition) is 2. The van der Waals surface area contributed by atoms with Gasteiger partial charge in [0.1, 0.15) is 0 Å². The number of benzene rings is 2. The third kappa shape index (κ3) is 2.48. The molecule has 0 aliphatic rings. The van der Waals surface area contributed by atoms with Crippen LogP contribution in [0.3, 0.4) is 0 Å². The SMILES string of the molecule is CN(C)c1ccccc1C(=O)Nc1cccc2[nH]ccc12. The largest absolute Gasteiger partial charge is 0.377 e. The molecule has 0 aliphatic heterocycles. The molecule has 4 heteroatoms. The number of amides is 1. The Bertz CT molecular complexity index is 789. The van der Waals surface area contributed by atoms with Gasteiger partial charge in [-0.15, -0.1) is 0 Å². The van der Waals surface area contributed by atoms with Gasteiger partial charge >= 0.3 is 0 Å². The number of aromatic amines is 1. The van der Waals surface area contributed by atoms with Gasteiger partial charge in [-0.05, 0) is 30.3 Å². The molecule has 0 spiro atoms. The minimum absolute atomic E-state index is 0.104. The van der Waals surface area contributed by atoms with Crippen LogP contribution in [0.4, 0.5) is 11.4 Å². The first-order chi connectivity index (χ1) is 10.2. The molecule has 0 saturated carbocycles. The number of aromatic nitrogens is 1. The molecule has 0 saturated heterocycles. The van der Waals surface area contributed by atoms with Gasteiger partial charge in [-0.2, -0.15) is 0 Å². The molecule has 2 N–H and O–H groups in total. The summed E-state index contributed by atoms with van der Waals surface area (Å²) in [6, 6.07) is 15.4. The van der Waals surface area contributed by atoms with Crippen molar-refractivity contribution in [3.05, 3.63) is 60.3 Å². The molecule has 0 atom stereocenters. The summed E-state index contributed by atoms with van der Waals surface area (Å²) in [4.78, 5) is 17.6. The van der Waals surface area contributed by atoms with Crippen molar-refractivity contribution in [1.82, 2.24) is 4.98 Å². The summed E-state index contributed by atoms with van der Waals surface area (Å²) >= 11 is 0. The zero-order valence-electron chi connectivity index (χ0n) is 12.1. The van der Waals surface area contributed by atoms with Crippen LogP contribution in [0.1, 0.15) is 10.4 Å². The fourth-order valence-electron chi connectivity index (χ4n) is 2.44. The van der Waals surface area contributed by atoms with Crippen LogP contribution < -0.4 is 10.2 Å². The summed E-state index contributed by atoms with van der Waals surface area (Å²) in [6.07, 6.45) is 1.87. The van der Waals surface area contributed by atoms with Crippen LogP contribution in [0.15, 0.2) is 54.7 Å². The Labute approximate surface area is 123 Å². The van der Waals surface area contributed by atoms with Gasteiger partial charge in [0.05, 0.1) is 11.3 Å². The van der Waals surface area contributed by atoms with E-state index in [1.165, 1.54) is 0 Å². The van der Waals surface area contributed by atoms with Crippen LogP contribution in [0, 0.1) is 0 Å². The number of rotatable bonds is 3. The Kier molecular flexibility index (Phi) is 3.36. The number of nitrogens with one attached hydrogen (secondary N) is 2. The van der Waals surface area contributed by atoms with E-state index in [1.54, 1.807) is 0 Å². The number of hydrogen-bond donors (Lipinski definition) is 2. The summed E-state index contributed by atoms with van der Waals surface area (Å²) in [5.41, 5.74) is 3.38. The zero-order valence-corrected chi connectivity index (χ0v) is 12.1. The lowest BCUT2D eigenvalue weighted by molar-refractivity contribution is 0.102. The lowest BCUT2D eigenvalue weighted by Gasteiger charge is -2.17. The van der Waals surface area contributed by atoms with Crippen molar-refractivity contribution in [3.8, 4) is 0 Å². The van der Waals surface area contributed by atoms with E-state index in [2.05, 4.69) is 10.3 Å². The fourth-order valence-corrected chi connectivity index (χ4v) is 2.44. The van der Waals surface area contributed by atoms with Crippen molar-refractivity contribution in [3.63, 3.8) is 0 Å². The van der Waals surface area contributed by atoms with Crippen LogP contribution in [0.5, 0.6) is 0 Å². The lowest BCUT2D eigenvalue weighted by atomic mass is 10.1. The van der Waals surface area contributed by atoms with Gasteiger partial charge in [0.2, 0.25) is 0 Å². The molecular formula is C17H17N3O. The number of H-pyrrole nitrogens is 1. The smallest absolute Gasteiger partial charge is 0.257 e. The van der Waals surface area contributed by atoms with E-state index in [4.69, 9.17) is 0 Å². The highest BCUT2D eigenvalue weighted by Gasteiger charge is 2.13. The highest BCUT2D eigenvalue weighted by Crippen LogP contribution is 2.24. The van der Waals surface area contributed by atoms with E-state index in [0.717, 1.165) is 22.3 Å². The summed E-state index contributed by atoms with van der Waals surface area (Å²) < 4.78 is 0. The minimum atomic E-state index is -0.104. The monoisotopic (exact) mass is 279 g/mol. The molecule has 1 heterocycles. The van der Waals surface area contributed by atoms with Crippen molar-refractivity contribution in [2.75, 3.05) is 24.3 Å². The van der Waals surface area contributed by atoms with Crippen LogP contribution >= 0.6 is 0 Å². The molecule has 0 bridgehead atoms. The molecule has 0 unspecified atom stereocenters. The van der Waals surface area contributed by atoms with Crippen LogP contribution in [0.25, 0.3) is 10.9 Å². The standard InChI is InChI=1S/C17H17N3O/c1-20(2)16-9-4-3-6-13(16)17(21)19-15-8-5-7-14-12(15)10-11-18-14/h3-11,18H,1-2H3,(H,19,21). The quantitative estimate of drug-likeness (QED) is 0.771. The second-order valence-electron chi connectivity index (χ2n) is 5.11. The summed E-state index contributed by atoms with van der Waals surface area (Å²) in [6.45, 7) is 0. The molecular weight excluding hydrogens is 262 g/mol. The van der Waals surface area contributed by atoms with Crippen molar-refractivity contribution in [2.45, 2.75) is 0 Å². The zero-order chi connectivity index (χ0) is 14.8. The second kappa shape index (κ2) is 5.32. The molecule has 106 valence electrons. The Morgan fingerprint density at radius 3 is 2.67 bits per heavy atom. The van der Waals surface area contributed by atoms with Crippen molar-refractivity contribution in [1.29, 1.82) is 0 Å². The van der Waals surface area contributed by atoms with Gasteiger partial charge in [-0.25, -0.2) is 0 Å². The van der Waals surface area contributed by atoms with E-state index >= 15 is 0 Å². The highest BCUT2D eigenvalue weighted by molar-refractivity contribution is 6.11. The maximum absolute atomic E-state index is 12.6. The topological polar surface area (TPSA) is 48.1 Å². The van der Waals surface area contributed by atoms with Gasteiger partial charge in [-0.3, -0.25) is 4.79 Å². The molecule has 21 heavy (non-hydrogen) atoms. The van der Waals surface area contributed by atoms with Crippen LogP contribution in [0.2, 0.25) is 0 Å². The predicted octanol–water partition coefficient (Wildman–Crippen LogP) is 3.49. The molecule has 1 aromatic heterocycles. The number of para-hydroxylation sites is 1. The van der Waals surface area contributed by atoms with Crippen molar-refractivity contribution in [2.24, 2.45) is 0 Å². The fraction of sp³-hybridized carbons (Fsp3) is 0.118. The molecule has 3 aromatic rings. The number of carbonyl (C=O) groups is 1. The van der Waals surface area contributed by atoms with Gasteiger partial charge in [0.15, 0.2) is 0 Å². The van der Waals surface area contributed by atoms with Gasteiger partial charge < -0.3 is 15.2 Å². The summed E-state index contributed by atoms with van der Waals surface area (Å²) in [5.74, 6) is -0.104.